The molecule has 0 bridgehead atoms. The van der Waals surface area contributed by atoms with Gasteiger partial charge in [0.2, 0.25) is 23.7 Å². The molecule has 2 saturated heterocycles. The van der Waals surface area contributed by atoms with Crippen LogP contribution in [0.5, 0.6) is 11.5 Å². The fourth-order valence-electron chi connectivity index (χ4n) is 13.6. The van der Waals surface area contributed by atoms with Gasteiger partial charge < -0.3 is 74.1 Å². The van der Waals surface area contributed by atoms with Gasteiger partial charge in [0.15, 0.2) is 0 Å². The molecule has 2 saturated carbocycles. The Bertz CT molecular complexity index is 4290. The minimum absolute atomic E-state index is 0. The van der Waals surface area contributed by atoms with Crippen LogP contribution in [0.1, 0.15) is 172 Å². The van der Waals surface area contributed by atoms with Gasteiger partial charge in [0, 0.05) is 148 Å². The number of sulfone groups is 2. The van der Waals surface area contributed by atoms with Gasteiger partial charge in [-0.25, -0.2) is 46.0 Å². The van der Waals surface area contributed by atoms with E-state index in [4.69, 9.17) is 38.8 Å². The molecule has 6 N–H and O–H groups in total. The van der Waals surface area contributed by atoms with Crippen molar-refractivity contribution in [1.82, 2.24) is 49.5 Å². The number of likely N-dealkylation sites (tertiary alicyclic amines) is 2. The number of amides is 4. The van der Waals surface area contributed by atoms with E-state index in [0.717, 1.165) is 79.0 Å². The van der Waals surface area contributed by atoms with Gasteiger partial charge in [-0.05, 0) is 179 Å². The van der Waals surface area contributed by atoms with Crippen molar-refractivity contribution in [1.29, 1.82) is 0 Å². The molecule has 0 unspecified atom stereocenters. The number of aliphatic hydroxyl groups is 1. The van der Waals surface area contributed by atoms with Crippen LogP contribution in [-0.2, 0) is 53.1 Å². The molecule has 0 radical (unpaired) electrons. The number of carboxylic acids is 1. The van der Waals surface area contributed by atoms with Crippen LogP contribution < -0.4 is 44.0 Å². The molecule has 29 nitrogen and oxygen atoms in total. The van der Waals surface area contributed by atoms with Crippen molar-refractivity contribution >= 4 is 188 Å². The fourth-order valence-corrected chi connectivity index (χ4v) is 14.9. The summed E-state index contributed by atoms with van der Waals surface area (Å²) in [5.74, 6) is 2.68. The Balaban J connectivity index is 0.000000336. The quantitative estimate of drug-likeness (QED) is 0.0121. The summed E-state index contributed by atoms with van der Waals surface area (Å²) in [6.45, 7) is 21.0. The van der Waals surface area contributed by atoms with Gasteiger partial charge in [0.05, 0.1) is 41.9 Å². The maximum atomic E-state index is 13.5. The van der Waals surface area contributed by atoms with E-state index >= 15 is 0 Å². The van der Waals surface area contributed by atoms with Gasteiger partial charge in [0.1, 0.15) is 72.2 Å². The number of carbonyl (C=O) groups excluding carboxylic acids is 5. The number of hydrogen-bond donors (Lipinski definition) is 6. The van der Waals surface area contributed by atoms with E-state index in [1.807, 2.05) is 113 Å². The Kier molecular flexibility index (Phi) is 43.5. The van der Waals surface area contributed by atoms with Gasteiger partial charge in [0.25, 0.3) is 0 Å². The molecular weight excluding hydrogens is 2200 g/mol. The van der Waals surface area contributed by atoms with Crippen molar-refractivity contribution in [2.75, 3.05) is 74.0 Å². The van der Waals surface area contributed by atoms with Crippen LogP contribution in [0.2, 0.25) is 0 Å². The number of anilines is 2. The number of nitrogens with one attached hydrogen (secondary N) is 4. The molecule has 115 heavy (non-hydrogen) atoms. The number of carbonyl (C=O) groups is 6. The van der Waals surface area contributed by atoms with Gasteiger partial charge in [-0.1, -0.05) is 52.7 Å². The van der Waals surface area contributed by atoms with Crippen LogP contribution in [0.25, 0.3) is 33.4 Å². The molecule has 4 aliphatic rings. The fraction of sp³-hybridized carbons (Fsp3) is 0.615. The van der Waals surface area contributed by atoms with E-state index in [1.54, 1.807) is 60.9 Å². The number of ether oxygens (including phenoxy) is 5. The number of alkyl carbamates (subject to hydrolysis) is 2. The first-order valence-electron chi connectivity index (χ1n) is 38.7. The number of aliphatic hydroxyl groups excluding tert-OH is 1. The molecule has 4 fully saturated rings. The van der Waals surface area contributed by atoms with Crippen LogP contribution in [0.4, 0.5) is 21.5 Å². The first kappa shape index (κ1) is 101. The van der Waals surface area contributed by atoms with Crippen LogP contribution in [-0.4, -0.2) is 213 Å². The topological polar surface area (TPSA) is 373 Å². The molecular formula is C78H115I6N12O17S2-. The standard InChI is InChI=1S/C39H56N6O8S.C28H37N5O5S.C11H21NO4.I3.I2.HI/c1-7-26(2)34(43-38(48)53-39(3,4)5)36(47)52-29-17-21-44(22-18-29)35(46)27-12-14-28(15-13-27)41-37-40-20-16-33(42-37)45-23-19-30-31(45)10-8-11-32(30)51-24-9-25-54(6,49)50;1-39(36,37)19-3-18-38-25-5-2-4-24-23(25)13-17-33(24)26-10-14-29-28(31-26)30-21-8-6-20(7-9-21)27(35)32-15-11-22(34)12-16-32;1-6-7(2)8(9(13)14)12-10(15)16-11(3,4)5;1-3-2;1-2;/h8,10-11,16,19-20,23,26-29,34H,7,9,12-15,17-18,21-22,24-25H2,1-6H3,(H,43,48)(H,40,41,42);2,4-5,10,13-14,17,20-22,34H,3,6-9,11-12,15-16,18-19H2,1H3,(H,29,30,31);7-8H,6H2,1-5H3,(H,12,15)(H,13,14);;;1H/q;;;-1;;/t26-,27?,28?,34+;;7-,8+;;;/m0.0.../s1. The first-order chi connectivity index (χ1) is 53.9. The predicted octanol–water partition coefficient (Wildman–Crippen LogP) is 12.0. The third-order valence-corrected chi connectivity index (χ3v) is 22.0. The SMILES string of the molecule is CC[C@H](C)[C@@H](NC(=O)OC(C)(C)C)C(=O)O.CC[C@H](C)[C@@H](NC(=O)OC(C)(C)C)C(=O)OC1CCN(C(=O)C2CCC(Nc3nccc(-n4ccc5c(OCCCS(C)(=O)=O)cccc54)n3)CC2)CC1.CS(=O)(=O)CCCOc1cccc2c1ccn2-c1ccnc(NC2CCC(C(=O)N3CCC(O)CC3)CC2)n1.I.II.I[I-]I. The summed E-state index contributed by atoms with van der Waals surface area (Å²) >= 11 is 9.54. The molecule has 2 aromatic carbocycles. The number of fused-ring (bicyclic) bond motifs is 2. The second kappa shape index (κ2) is 49.5. The zero-order valence-corrected chi connectivity index (χ0v) is 82.3. The molecule has 6 aromatic rings. The summed E-state index contributed by atoms with van der Waals surface area (Å²) in [6.07, 6.45) is 19.1. The molecule has 0 spiro atoms. The molecule has 4 aromatic heterocycles. The number of nitrogens with zero attached hydrogens (tertiary/aromatic N) is 8. The average Bonchev–Trinajstić information content (AvgIpc) is 1.68. The number of carboxylic acid groups (broad SMARTS) is 1. The van der Waals surface area contributed by atoms with Crippen LogP contribution in [0.3, 0.4) is 0 Å². The molecule has 4 amide bonds. The van der Waals surface area contributed by atoms with Gasteiger partial charge >= 0.3 is 74.6 Å². The normalized spacial score (nSPS) is 18.5. The van der Waals surface area contributed by atoms with E-state index in [9.17, 15) is 50.7 Å². The third-order valence-electron chi connectivity index (χ3n) is 19.9. The zero-order valence-electron chi connectivity index (χ0n) is 67.5. The van der Waals surface area contributed by atoms with E-state index in [0.29, 0.717) is 133 Å². The molecule has 644 valence electrons. The molecule has 10 rings (SSSR count). The van der Waals surface area contributed by atoms with Crippen molar-refractivity contribution in [2.24, 2.45) is 23.7 Å². The maximum absolute atomic E-state index is 13.5. The number of rotatable bonds is 27. The Hall–Kier alpha value is -4.46. The van der Waals surface area contributed by atoms with E-state index in [-0.39, 0.29) is 95.3 Å². The Morgan fingerprint density at radius 3 is 1.31 bits per heavy atom. The van der Waals surface area contributed by atoms with Crippen molar-refractivity contribution in [3.63, 3.8) is 0 Å². The number of benzene rings is 2. The summed E-state index contributed by atoms with van der Waals surface area (Å²) in [5, 5.41) is 32.5. The number of hydrogen-bond acceptors (Lipinski definition) is 22. The summed E-state index contributed by atoms with van der Waals surface area (Å²) in [4.78, 5) is 96.6. The number of aromatic nitrogens is 6. The second-order valence-corrected chi connectivity index (χ2v) is 52.0. The third kappa shape index (κ3) is 34.5. The summed E-state index contributed by atoms with van der Waals surface area (Å²) in [6, 6.07) is 17.8. The predicted molar refractivity (Wildman–Crippen MR) is 488 cm³/mol. The van der Waals surface area contributed by atoms with Crippen molar-refractivity contribution in [2.45, 2.75) is 220 Å². The molecule has 6 heterocycles. The first-order valence-corrected chi connectivity index (χ1v) is 61.6. The molecule has 2 aliphatic carbocycles. The Morgan fingerprint density at radius 2 is 0.948 bits per heavy atom. The van der Waals surface area contributed by atoms with Crippen LogP contribution in [0.15, 0.2) is 85.5 Å². The minimum atomic E-state index is -3.04. The monoisotopic (exact) mass is 2320 g/mol. The van der Waals surface area contributed by atoms with Gasteiger partial charge in [-0.2, -0.15) is 9.97 Å². The summed E-state index contributed by atoms with van der Waals surface area (Å²) in [5.41, 5.74) is 0.540. The summed E-state index contributed by atoms with van der Waals surface area (Å²) in [7, 11) is -6.05. The van der Waals surface area contributed by atoms with Crippen LogP contribution in [0, 0.1) is 23.7 Å². The van der Waals surface area contributed by atoms with Crippen LogP contribution >= 0.6 is 98.4 Å². The van der Waals surface area contributed by atoms with E-state index in [1.165, 1.54) is 12.5 Å². The Morgan fingerprint density at radius 1 is 0.574 bits per heavy atom. The number of halogens is 6. The second-order valence-electron chi connectivity index (χ2n) is 31.2. The molecule has 2 aliphatic heterocycles. The van der Waals surface area contributed by atoms with Crippen molar-refractivity contribution in [3.8, 4) is 23.1 Å². The molecule has 37 heteroatoms. The average molecular weight is 2320 g/mol. The molecule has 4 atom stereocenters. The van der Waals surface area contributed by atoms with Gasteiger partial charge in [-0.3, -0.25) is 9.59 Å². The number of esters is 1. The number of piperidine rings is 2. The Labute approximate surface area is 747 Å². The van der Waals surface area contributed by atoms with Gasteiger partial charge in [-0.15, -0.1) is 24.0 Å². The van der Waals surface area contributed by atoms with Crippen molar-refractivity contribution < 1.29 is 92.8 Å². The van der Waals surface area contributed by atoms with E-state index in [2.05, 4.69) is 106 Å². The summed E-state index contributed by atoms with van der Waals surface area (Å²) < 4.78 is 77.7. The van der Waals surface area contributed by atoms with Crippen molar-refractivity contribution in [3.05, 3.63) is 85.5 Å². The zero-order chi connectivity index (χ0) is 84.1. The van der Waals surface area contributed by atoms with E-state index < -0.39 is 67.1 Å². The number of aliphatic carboxylic acids is 1.